The summed E-state index contributed by atoms with van der Waals surface area (Å²) in [7, 11) is 1.64. The molecule has 0 bridgehead atoms. The zero-order valence-corrected chi connectivity index (χ0v) is 15.7. The SMILES string of the molecule is CCCCC[C@@H](C)CNC(=S)NNC(=O)c1ccc(COC)cc1. The normalized spacial score (nSPS) is 11.6. The molecule has 24 heavy (non-hydrogen) atoms. The van der Waals surface area contributed by atoms with Gasteiger partial charge < -0.3 is 10.1 Å². The number of carbonyl (C=O) groups excluding carboxylic acids is 1. The highest BCUT2D eigenvalue weighted by Crippen LogP contribution is 2.08. The van der Waals surface area contributed by atoms with Gasteiger partial charge in [-0.15, -0.1) is 0 Å². The van der Waals surface area contributed by atoms with Gasteiger partial charge in [-0.1, -0.05) is 45.2 Å². The van der Waals surface area contributed by atoms with E-state index in [9.17, 15) is 4.79 Å². The number of hydrogen-bond donors (Lipinski definition) is 3. The number of thiocarbonyl (C=S) groups is 1. The van der Waals surface area contributed by atoms with Crippen molar-refractivity contribution in [3.8, 4) is 0 Å². The summed E-state index contributed by atoms with van der Waals surface area (Å²) in [6.45, 7) is 5.74. The van der Waals surface area contributed by atoms with Crippen LogP contribution in [0.25, 0.3) is 0 Å². The Morgan fingerprint density at radius 3 is 2.54 bits per heavy atom. The monoisotopic (exact) mass is 351 g/mol. The van der Waals surface area contributed by atoms with E-state index in [1.807, 2.05) is 12.1 Å². The summed E-state index contributed by atoms with van der Waals surface area (Å²) < 4.78 is 5.05. The topological polar surface area (TPSA) is 62.4 Å². The fourth-order valence-corrected chi connectivity index (χ4v) is 2.40. The molecule has 0 aliphatic carbocycles. The molecule has 134 valence electrons. The van der Waals surface area contributed by atoms with E-state index >= 15 is 0 Å². The zero-order valence-electron chi connectivity index (χ0n) is 14.9. The van der Waals surface area contributed by atoms with E-state index in [1.165, 1.54) is 25.7 Å². The molecule has 1 aromatic rings. The number of carbonyl (C=O) groups is 1. The molecule has 6 heteroatoms. The third kappa shape index (κ3) is 8.26. The largest absolute Gasteiger partial charge is 0.380 e. The van der Waals surface area contributed by atoms with Crippen LogP contribution < -0.4 is 16.2 Å². The standard InChI is InChI=1S/C18H29N3O2S/c1-4-5-6-7-14(2)12-19-18(24)21-20-17(22)16-10-8-15(9-11-16)13-23-3/h8-11,14H,4-7,12-13H2,1-3H3,(H,20,22)(H2,19,21,24)/t14-/m1/s1. The Labute approximate surface area is 150 Å². The van der Waals surface area contributed by atoms with Crippen LogP contribution in [-0.2, 0) is 11.3 Å². The van der Waals surface area contributed by atoms with Crippen LogP contribution in [0.2, 0.25) is 0 Å². The Morgan fingerprint density at radius 2 is 1.92 bits per heavy atom. The predicted octanol–water partition coefficient (Wildman–Crippen LogP) is 3.16. The molecule has 1 atom stereocenters. The number of hydrogen-bond acceptors (Lipinski definition) is 3. The summed E-state index contributed by atoms with van der Waals surface area (Å²) in [4.78, 5) is 12.0. The maximum absolute atomic E-state index is 12.0. The molecule has 0 spiro atoms. The molecule has 0 unspecified atom stereocenters. The number of nitrogens with one attached hydrogen (secondary N) is 3. The van der Waals surface area contributed by atoms with Crippen LogP contribution in [0, 0.1) is 5.92 Å². The Hall–Kier alpha value is -1.66. The summed E-state index contributed by atoms with van der Waals surface area (Å²) in [5.74, 6) is 0.333. The van der Waals surface area contributed by atoms with Crippen LogP contribution in [0.4, 0.5) is 0 Å². The van der Waals surface area contributed by atoms with Crippen molar-refractivity contribution in [2.45, 2.75) is 46.1 Å². The average molecular weight is 352 g/mol. The first-order valence-electron chi connectivity index (χ1n) is 8.48. The maximum Gasteiger partial charge on any atom is 0.269 e. The van der Waals surface area contributed by atoms with Crippen molar-refractivity contribution in [1.29, 1.82) is 0 Å². The van der Waals surface area contributed by atoms with Crippen molar-refractivity contribution in [2.24, 2.45) is 5.92 Å². The molecular weight excluding hydrogens is 322 g/mol. The molecule has 0 aliphatic rings. The van der Waals surface area contributed by atoms with Gasteiger partial charge in [0.15, 0.2) is 5.11 Å². The Bertz CT molecular complexity index is 505. The van der Waals surface area contributed by atoms with E-state index in [2.05, 4.69) is 30.0 Å². The molecule has 0 aromatic heterocycles. The molecule has 0 heterocycles. The number of unbranched alkanes of at least 4 members (excludes halogenated alkanes) is 2. The van der Waals surface area contributed by atoms with Crippen molar-refractivity contribution in [3.05, 3.63) is 35.4 Å². The fraction of sp³-hybridized carbons (Fsp3) is 0.556. The van der Waals surface area contributed by atoms with Crippen LogP contribution in [0.5, 0.6) is 0 Å². The molecule has 0 saturated carbocycles. The number of benzene rings is 1. The van der Waals surface area contributed by atoms with Crippen molar-refractivity contribution in [1.82, 2.24) is 16.2 Å². The van der Waals surface area contributed by atoms with Crippen molar-refractivity contribution < 1.29 is 9.53 Å². The van der Waals surface area contributed by atoms with E-state index in [0.717, 1.165) is 12.1 Å². The molecule has 5 nitrogen and oxygen atoms in total. The second-order valence-corrected chi connectivity index (χ2v) is 6.43. The van der Waals surface area contributed by atoms with Gasteiger partial charge in [-0.05, 0) is 42.3 Å². The Kier molecular flexibility index (Phi) is 10.0. The average Bonchev–Trinajstić information content (AvgIpc) is 2.59. The minimum Gasteiger partial charge on any atom is -0.380 e. The fourth-order valence-electron chi connectivity index (χ4n) is 2.26. The molecule has 0 saturated heterocycles. The van der Waals surface area contributed by atoms with Gasteiger partial charge in [-0.2, -0.15) is 0 Å². The van der Waals surface area contributed by atoms with Gasteiger partial charge in [0.2, 0.25) is 0 Å². The van der Waals surface area contributed by atoms with E-state index in [4.69, 9.17) is 17.0 Å². The van der Waals surface area contributed by atoms with Gasteiger partial charge in [-0.25, -0.2) is 0 Å². The first kappa shape index (κ1) is 20.4. The van der Waals surface area contributed by atoms with Crippen LogP contribution in [0.1, 0.15) is 55.5 Å². The van der Waals surface area contributed by atoms with E-state index in [0.29, 0.717) is 23.2 Å². The van der Waals surface area contributed by atoms with E-state index in [-0.39, 0.29) is 5.91 Å². The van der Waals surface area contributed by atoms with Crippen molar-refractivity contribution in [2.75, 3.05) is 13.7 Å². The molecule has 3 N–H and O–H groups in total. The van der Waals surface area contributed by atoms with E-state index < -0.39 is 0 Å². The van der Waals surface area contributed by atoms with Gasteiger partial charge in [0, 0.05) is 19.2 Å². The van der Waals surface area contributed by atoms with E-state index in [1.54, 1.807) is 19.2 Å². The van der Waals surface area contributed by atoms with Crippen molar-refractivity contribution >= 4 is 23.2 Å². The summed E-state index contributed by atoms with van der Waals surface area (Å²) in [6, 6.07) is 7.26. The quantitative estimate of drug-likeness (QED) is 0.362. The number of hydrazine groups is 1. The molecular formula is C18H29N3O2S. The highest BCUT2D eigenvalue weighted by Gasteiger charge is 2.07. The van der Waals surface area contributed by atoms with Gasteiger partial charge >= 0.3 is 0 Å². The molecule has 1 rings (SSSR count). The molecule has 1 amide bonds. The first-order chi connectivity index (χ1) is 11.6. The van der Waals surface area contributed by atoms with Crippen LogP contribution >= 0.6 is 12.2 Å². The summed E-state index contributed by atoms with van der Waals surface area (Å²) in [5, 5.41) is 3.56. The molecule has 1 aromatic carbocycles. The second-order valence-electron chi connectivity index (χ2n) is 6.02. The number of methoxy groups -OCH3 is 1. The molecule has 0 aliphatic heterocycles. The second kappa shape index (κ2) is 11.8. The van der Waals surface area contributed by atoms with Gasteiger partial charge in [-0.3, -0.25) is 15.6 Å². The minimum absolute atomic E-state index is 0.223. The third-order valence-electron chi connectivity index (χ3n) is 3.73. The number of rotatable bonds is 9. The summed E-state index contributed by atoms with van der Waals surface area (Å²) in [5.41, 5.74) is 6.93. The smallest absolute Gasteiger partial charge is 0.269 e. The molecule has 0 fully saturated rings. The lowest BCUT2D eigenvalue weighted by Crippen LogP contribution is -2.47. The highest BCUT2D eigenvalue weighted by atomic mass is 32.1. The Morgan fingerprint density at radius 1 is 1.21 bits per heavy atom. The van der Waals surface area contributed by atoms with Gasteiger partial charge in [0.1, 0.15) is 0 Å². The predicted molar refractivity (Wildman–Crippen MR) is 102 cm³/mol. The Balaban J connectivity index is 2.26. The van der Waals surface area contributed by atoms with Gasteiger partial charge in [0.25, 0.3) is 5.91 Å². The zero-order chi connectivity index (χ0) is 17.8. The van der Waals surface area contributed by atoms with Crippen LogP contribution in [0.3, 0.4) is 0 Å². The summed E-state index contributed by atoms with van der Waals surface area (Å²) >= 11 is 5.18. The lowest BCUT2D eigenvalue weighted by atomic mass is 10.0. The number of ether oxygens (including phenoxy) is 1. The first-order valence-corrected chi connectivity index (χ1v) is 8.89. The van der Waals surface area contributed by atoms with Crippen molar-refractivity contribution in [3.63, 3.8) is 0 Å². The highest BCUT2D eigenvalue weighted by molar-refractivity contribution is 7.80. The van der Waals surface area contributed by atoms with Crippen LogP contribution in [-0.4, -0.2) is 24.7 Å². The third-order valence-corrected chi connectivity index (χ3v) is 3.97. The molecule has 0 radical (unpaired) electrons. The summed E-state index contributed by atoms with van der Waals surface area (Å²) in [6.07, 6.45) is 4.93. The lowest BCUT2D eigenvalue weighted by Gasteiger charge is -2.15. The lowest BCUT2D eigenvalue weighted by molar-refractivity contribution is 0.0943. The minimum atomic E-state index is -0.223. The maximum atomic E-state index is 12.0. The van der Waals surface area contributed by atoms with Crippen LogP contribution in [0.15, 0.2) is 24.3 Å². The van der Waals surface area contributed by atoms with Gasteiger partial charge in [0.05, 0.1) is 6.61 Å². The number of amides is 1.